The van der Waals surface area contributed by atoms with Crippen molar-refractivity contribution in [1.82, 2.24) is 9.88 Å². The van der Waals surface area contributed by atoms with Gasteiger partial charge in [-0.15, -0.1) is 0 Å². The molecule has 9 heteroatoms. The summed E-state index contributed by atoms with van der Waals surface area (Å²) < 4.78 is 37.9. The lowest BCUT2D eigenvalue weighted by Gasteiger charge is -2.18. The fourth-order valence-electron chi connectivity index (χ4n) is 1.65. The molecule has 0 saturated carbocycles. The summed E-state index contributed by atoms with van der Waals surface area (Å²) in [5, 5.41) is 13.6. The molecule has 6 nitrogen and oxygen atoms in total. The lowest BCUT2D eigenvalue weighted by atomic mass is 10.2. The molecule has 1 N–H and O–H groups in total. The first-order valence-corrected chi connectivity index (χ1v) is 6.24. The molecule has 1 unspecified atom stereocenters. The van der Waals surface area contributed by atoms with E-state index in [1.165, 1.54) is 0 Å². The first kappa shape index (κ1) is 17.2. The zero-order valence-electron chi connectivity index (χ0n) is 11.9. The second-order valence-corrected chi connectivity index (χ2v) is 4.98. The number of aromatic nitrogens is 1. The van der Waals surface area contributed by atoms with Gasteiger partial charge in [-0.2, -0.15) is 13.2 Å². The molecule has 0 fully saturated rings. The van der Waals surface area contributed by atoms with Gasteiger partial charge in [0, 0.05) is 6.04 Å². The Morgan fingerprint density at radius 3 is 2.57 bits per heavy atom. The highest BCUT2D eigenvalue weighted by Gasteiger charge is 2.34. The highest BCUT2D eigenvalue weighted by molar-refractivity contribution is 5.61. The van der Waals surface area contributed by atoms with E-state index in [0.717, 1.165) is 0 Å². The second kappa shape index (κ2) is 6.70. The van der Waals surface area contributed by atoms with Gasteiger partial charge in [0.15, 0.2) is 0 Å². The van der Waals surface area contributed by atoms with E-state index >= 15 is 0 Å². The van der Waals surface area contributed by atoms with Crippen LogP contribution in [0.25, 0.3) is 0 Å². The maximum Gasteiger partial charge on any atom is 0.433 e. The molecular formula is C12H17F3N4O2. The normalized spacial score (nSPS) is 13.3. The van der Waals surface area contributed by atoms with Crippen molar-refractivity contribution >= 4 is 11.4 Å². The van der Waals surface area contributed by atoms with E-state index < -0.39 is 22.5 Å². The summed E-state index contributed by atoms with van der Waals surface area (Å²) in [7, 11) is 3.73. The average Bonchev–Trinajstić information content (AvgIpc) is 2.34. The molecule has 0 aromatic carbocycles. The van der Waals surface area contributed by atoms with E-state index in [0.29, 0.717) is 25.2 Å². The van der Waals surface area contributed by atoms with Crippen LogP contribution in [0.15, 0.2) is 12.3 Å². The Bertz CT molecular complexity index is 506. The monoisotopic (exact) mass is 306 g/mol. The molecule has 1 atom stereocenters. The van der Waals surface area contributed by atoms with Gasteiger partial charge in [0.05, 0.1) is 4.92 Å². The molecule has 0 radical (unpaired) electrons. The third kappa shape index (κ3) is 5.18. The Morgan fingerprint density at radius 1 is 1.48 bits per heavy atom. The quantitative estimate of drug-likeness (QED) is 0.646. The van der Waals surface area contributed by atoms with Crippen LogP contribution in [0.5, 0.6) is 0 Å². The highest BCUT2D eigenvalue weighted by Crippen LogP contribution is 2.33. The van der Waals surface area contributed by atoms with Gasteiger partial charge in [0.25, 0.3) is 0 Å². The fourth-order valence-corrected chi connectivity index (χ4v) is 1.65. The zero-order chi connectivity index (χ0) is 16.2. The molecule has 1 heterocycles. The summed E-state index contributed by atoms with van der Waals surface area (Å²) in [6.45, 7) is 2.46. The topological polar surface area (TPSA) is 71.3 Å². The van der Waals surface area contributed by atoms with Crippen LogP contribution in [0.2, 0.25) is 0 Å². The summed E-state index contributed by atoms with van der Waals surface area (Å²) >= 11 is 0. The summed E-state index contributed by atoms with van der Waals surface area (Å²) in [4.78, 5) is 15.1. The highest BCUT2D eigenvalue weighted by atomic mass is 19.4. The zero-order valence-corrected chi connectivity index (χ0v) is 11.9. The first-order valence-electron chi connectivity index (χ1n) is 6.24. The van der Waals surface area contributed by atoms with Crippen LogP contribution in [0, 0.1) is 10.1 Å². The molecule has 0 aliphatic heterocycles. The number of alkyl halides is 3. The Balaban J connectivity index is 2.99. The largest absolute Gasteiger partial charge is 0.433 e. The molecule has 0 aliphatic carbocycles. The molecule has 1 aromatic heterocycles. The van der Waals surface area contributed by atoms with E-state index in [1.807, 2.05) is 19.0 Å². The summed E-state index contributed by atoms with van der Waals surface area (Å²) in [6, 6.07) is 0.458. The SMILES string of the molecule is CC(CCN(C)C)Nc1cc(C(F)(F)F)ncc1[N+](=O)[O-]. The van der Waals surface area contributed by atoms with Crippen molar-refractivity contribution in [1.29, 1.82) is 0 Å². The van der Waals surface area contributed by atoms with Crippen molar-refractivity contribution in [2.45, 2.75) is 25.6 Å². The van der Waals surface area contributed by atoms with Crippen LogP contribution in [0.1, 0.15) is 19.0 Å². The number of hydrogen-bond acceptors (Lipinski definition) is 5. The Kier molecular flexibility index (Phi) is 5.47. The third-order valence-corrected chi connectivity index (χ3v) is 2.78. The van der Waals surface area contributed by atoms with Crippen LogP contribution in [-0.4, -0.2) is 41.5 Å². The van der Waals surface area contributed by atoms with Crippen molar-refractivity contribution in [3.8, 4) is 0 Å². The molecule has 0 aliphatic rings. The molecule has 1 rings (SSSR count). The van der Waals surface area contributed by atoms with Crippen molar-refractivity contribution < 1.29 is 18.1 Å². The van der Waals surface area contributed by atoms with E-state index in [9.17, 15) is 23.3 Å². The number of halogens is 3. The third-order valence-electron chi connectivity index (χ3n) is 2.78. The number of anilines is 1. The minimum atomic E-state index is -4.64. The minimum absolute atomic E-state index is 0.173. The van der Waals surface area contributed by atoms with Crippen LogP contribution < -0.4 is 5.32 Å². The predicted octanol–water partition coefficient (Wildman–Crippen LogP) is 2.76. The van der Waals surface area contributed by atoms with Gasteiger partial charge >= 0.3 is 11.9 Å². The molecular weight excluding hydrogens is 289 g/mol. The number of nitro groups is 1. The van der Waals surface area contributed by atoms with Crippen molar-refractivity contribution in [2.75, 3.05) is 26.0 Å². The molecule has 118 valence electrons. The second-order valence-electron chi connectivity index (χ2n) is 4.98. The van der Waals surface area contributed by atoms with E-state index in [-0.39, 0.29) is 11.7 Å². The average molecular weight is 306 g/mol. The molecule has 1 aromatic rings. The Morgan fingerprint density at radius 2 is 2.10 bits per heavy atom. The van der Waals surface area contributed by atoms with Gasteiger partial charge < -0.3 is 10.2 Å². The van der Waals surface area contributed by atoms with Crippen LogP contribution in [0.3, 0.4) is 0 Å². The van der Waals surface area contributed by atoms with Crippen LogP contribution in [-0.2, 0) is 6.18 Å². The lowest BCUT2D eigenvalue weighted by Crippen LogP contribution is -2.23. The van der Waals surface area contributed by atoms with Crippen LogP contribution >= 0.6 is 0 Å². The standard InChI is InChI=1S/C12H17F3N4O2/c1-8(4-5-18(2)3)17-9-6-11(12(13,14)15)16-7-10(9)19(20)21/h6-8H,4-5H2,1-3H3,(H,16,17). The van der Waals surface area contributed by atoms with Crippen molar-refractivity contribution in [2.24, 2.45) is 0 Å². The van der Waals surface area contributed by atoms with Gasteiger partial charge in [0.2, 0.25) is 0 Å². The van der Waals surface area contributed by atoms with E-state index in [2.05, 4.69) is 10.3 Å². The number of pyridine rings is 1. The van der Waals surface area contributed by atoms with Crippen LogP contribution in [0.4, 0.5) is 24.5 Å². The minimum Gasteiger partial charge on any atom is -0.377 e. The maximum atomic E-state index is 12.6. The van der Waals surface area contributed by atoms with Gasteiger partial charge in [-0.25, -0.2) is 4.98 Å². The molecule has 0 bridgehead atoms. The van der Waals surface area contributed by atoms with E-state index in [1.54, 1.807) is 6.92 Å². The summed E-state index contributed by atoms with van der Waals surface area (Å²) in [5.74, 6) is 0. The fraction of sp³-hybridized carbons (Fsp3) is 0.583. The molecule has 0 spiro atoms. The van der Waals surface area contributed by atoms with Gasteiger partial charge in [-0.05, 0) is 40.1 Å². The molecule has 21 heavy (non-hydrogen) atoms. The van der Waals surface area contributed by atoms with Gasteiger partial charge in [-0.3, -0.25) is 10.1 Å². The van der Waals surface area contributed by atoms with E-state index in [4.69, 9.17) is 0 Å². The summed E-state index contributed by atoms with van der Waals surface area (Å²) in [5.41, 5.74) is -1.80. The number of hydrogen-bond donors (Lipinski definition) is 1. The number of rotatable bonds is 6. The molecule has 0 amide bonds. The molecule has 0 saturated heterocycles. The van der Waals surface area contributed by atoms with Gasteiger partial charge in [-0.1, -0.05) is 0 Å². The lowest BCUT2D eigenvalue weighted by molar-refractivity contribution is -0.384. The van der Waals surface area contributed by atoms with Crippen molar-refractivity contribution in [3.63, 3.8) is 0 Å². The number of nitrogens with zero attached hydrogens (tertiary/aromatic N) is 3. The van der Waals surface area contributed by atoms with Gasteiger partial charge in [0.1, 0.15) is 17.6 Å². The summed E-state index contributed by atoms with van der Waals surface area (Å²) in [6.07, 6.45) is -3.38. The predicted molar refractivity (Wildman–Crippen MR) is 72.1 cm³/mol. The Hall–Kier alpha value is -1.90. The maximum absolute atomic E-state index is 12.6. The number of nitrogens with one attached hydrogen (secondary N) is 1. The van der Waals surface area contributed by atoms with Crippen molar-refractivity contribution in [3.05, 3.63) is 28.1 Å². The smallest absolute Gasteiger partial charge is 0.377 e. The Labute approximate surface area is 120 Å². The first-order chi connectivity index (χ1) is 9.61.